The van der Waals surface area contributed by atoms with Crippen LogP contribution in [0.15, 0.2) is 54.6 Å². The Balaban J connectivity index is 1.29. The van der Waals surface area contributed by atoms with Crippen molar-refractivity contribution in [1.29, 1.82) is 0 Å². The van der Waals surface area contributed by atoms with Gasteiger partial charge in [0.25, 0.3) is 5.91 Å². The molecule has 8 nitrogen and oxygen atoms in total. The van der Waals surface area contributed by atoms with E-state index in [0.29, 0.717) is 6.07 Å². The minimum absolute atomic E-state index is 0.0231. The van der Waals surface area contributed by atoms with Crippen molar-refractivity contribution in [3.8, 4) is 27.7 Å². The van der Waals surface area contributed by atoms with Crippen LogP contribution < -0.4 is 0 Å². The number of urea groups is 1. The quantitative estimate of drug-likeness (QED) is 0.180. The summed E-state index contributed by atoms with van der Waals surface area (Å²) in [7, 11) is 0. The van der Waals surface area contributed by atoms with Crippen LogP contribution in [-0.2, 0) is 17.5 Å². The number of imide groups is 1. The first-order valence-corrected chi connectivity index (χ1v) is 13.8. The van der Waals surface area contributed by atoms with Crippen LogP contribution in [0.1, 0.15) is 35.0 Å². The largest absolute Gasteiger partial charge is 0.491 e. The second-order valence-electron chi connectivity index (χ2n) is 10.3. The molecule has 2 aromatic heterocycles. The number of benzene rings is 2. The first-order valence-electron chi connectivity index (χ1n) is 13.0. The van der Waals surface area contributed by atoms with Crippen molar-refractivity contribution < 1.29 is 49.8 Å². The van der Waals surface area contributed by atoms with E-state index in [0.717, 1.165) is 58.7 Å². The topological polar surface area (TPSA) is 99.5 Å². The molecule has 234 valence electrons. The molecule has 6 rings (SSSR count). The van der Waals surface area contributed by atoms with Gasteiger partial charge in [-0.1, -0.05) is 35.6 Å². The lowest BCUT2D eigenvalue weighted by atomic mass is 9.98. The molecule has 1 N–H and O–H groups in total. The zero-order chi connectivity index (χ0) is 32.5. The first-order chi connectivity index (χ1) is 21.1. The van der Waals surface area contributed by atoms with E-state index < -0.39 is 71.1 Å². The maximum Gasteiger partial charge on any atom is 0.416 e. The predicted octanol–water partition coefficient (Wildman–Crippen LogP) is 6.87. The molecule has 0 radical (unpaired) electrons. The SMILES string of the molecule is O=C1N(C(c2ccc(-c3ccc(C(F)(F)F)cc3)cc2F)C(F)(F)F)C(=O)C2(CC2)N1Cc1nnc(-c2ccc(F)c(O)n2)s1. The molecule has 1 spiro atoms. The molecule has 1 saturated heterocycles. The van der Waals surface area contributed by atoms with E-state index >= 15 is 4.39 Å². The summed E-state index contributed by atoms with van der Waals surface area (Å²) in [6.07, 6.45) is -9.84. The fourth-order valence-corrected chi connectivity index (χ4v) is 5.94. The summed E-state index contributed by atoms with van der Waals surface area (Å²) in [6, 6.07) is 3.85. The molecule has 4 aromatic rings. The molecule has 3 amide bonds. The van der Waals surface area contributed by atoms with Crippen molar-refractivity contribution in [2.24, 2.45) is 0 Å². The molecule has 2 fully saturated rings. The van der Waals surface area contributed by atoms with Gasteiger partial charge in [0.2, 0.25) is 5.88 Å². The summed E-state index contributed by atoms with van der Waals surface area (Å²) < 4.78 is 111. The Hall–Kier alpha value is -4.67. The maximum atomic E-state index is 15.4. The molecule has 1 unspecified atom stereocenters. The zero-order valence-corrected chi connectivity index (χ0v) is 23.1. The summed E-state index contributed by atoms with van der Waals surface area (Å²) in [5.41, 5.74) is -3.50. The molecule has 45 heavy (non-hydrogen) atoms. The molecule has 17 heteroatoms. The number of pyridine rings is 1. The summed E-state index contributed by atoms with van der Waals surface area (Å²) in [4.78, 5) is 31.4. The lowest BCUT2D eigenvalue weighted by Gasteiger charge is -2.29. The highest BCUT2D eigenvalue weighted by Crippen LogP contribution is 2.53. The van der Waals surface area contributed by atoms with Gasteiger partial charge in [0.15, 0.2) is 16.9 Å². The van der Waals surface area contributed by atoms with Crippen LogP contribution in [0.5, 0.6) is 5.88 Å². The van der Waals surface area contributed by atoms with Gasteiger partial charge in [-0.3, -0.25) is 4.79 Å². The fourth-order valence-electron chi connectivity index (χ4n) is 5.14. The fraction of sp³-hybridized carbons (Fsp3) is 0.250. The van der Waals surface area contributed by atoms with Crippen LogP contribution in [0.25, 0.3) is 21.8 Å². The average Bonchev–Trinajstić information content (AvgIpc) is 3.60. The number of nitrogens with zero attached hydrogens (tertiary/aromatic N) is 5. The van der Waals surface area contributed by atoms with Crippen LogP contribution in [0, 0.1) is 11.6 Å². The number of halogens is 8. The van der Waals surface area contributed by atoms with Crippen molar-refractivity contribution in [2.75, 3.05) is 0 Å². The smallest absolute Gasteiger partial charge is 0.416 e. The van der Waals surface area contributed by atoms with E-state index in [1.54, 1.807) is 0 Å². The van der Waals surface area contributed by atoms with Gasteiger partial charge in [-0.25, -0.2) is 23.5 Å². The highest BCUT2D eigenvalue weighted by atomic mass is 32.1. The highest BCUT2D eigenvalue weighted by Gasteiger charge is 2.68. The van der Waals surface area contributed by atoms with Crippen LogP contribution in [0.2, 0.25) is 0 Å². The van der Waals surface area contributed by atoms with Gasteiger partial charge < -0.3 is 10.0 Å². The number of hydrogen-bond acceptors (Lipinski definition) is 7. The third-order valence-electron chi connectivity index (χ3n) is 7.51. The van der Waals surface area contributed by atoms with Gasteiger partial charge in [0.1, 0.15) is 22.1 Å². The van der Waals surface area contributed by atoms with Crippen molar-refractivity contribution in [3.63, 3.8) is 0 Å². The minimum Gasteiger partial charge on any atom is -0.491 e. The number of rotatable bonds is 6. The molecular weight excluding hydrogens is 638 g/mol. The Morgan fingerprint density at radius 1 is 0.889 bits per heavy atom. The lowest BCUT2D eigenvalue weighted by Crippen LogP contribution is -2.43. The van der Waals surface area contributed by atoms with Crippen LogP contribution in [-0.4, -0.2) is 53.7 Å². The molecule has 1 aliphatic carbocycles. The maximum absolute atomic E-state index is 15.4. The average molecular weight is 656 g/mol. The van der Waals surface area contributed by atoms with E-state index in [9.17, 15) is 45.4 Å². The van der Waals surface area contributed by atoms with E-state index in [4.69, 9.17) is 0 Å². The van der Waals surface area contributed by atoms with Gasteiger partial charge in [-0.2, -0.15) is 26.3 Å². The van der Waals surface area contributed by atoms with Crippen LogP contribution in [0.3, 0.4) is 0 Å². The summed E-state index contributed by atoms with van der Waals surface area (Å²) >= 11 is 0.848. The van der Waals surface area contributed by atoms with Crippen molar-refractivity contribution in [2.45, 2.75) is 43.3 Å². The Bertz CT molecular complexity index is 1820. The van der Waals surface area contributed by atoms with Crippen LogP contribution >= 0.6 is 11.3 Å². The van der Waals surface area contributed by atoms with Gasteiger partial charge in [0, 0.05) is 5.56 Å². The summed E-state index contributed by atoms with van der Waals surface area (Å²) in [5.74, 6) is -4.47. The van der Waals surface area contributed by atoms with Gasteiger partial charge in [0.05, 0.1) is 12.1 Å². The van der Waals surface area contributed by atoms with E-state index in [2.05, 4.69) is 15.2 Å². The number of carbonyl (C=O) groups excluding carboxylic acids is 2. The number of alkyl halides is 6. The summed E-state index contributed by atoms with van der Waals surface area (Å²) in [6.45, 7) is -0.425. The number of amides is 3. The van der Waals surface area contributed by atoms with E-state index in [1.807, 2.05) is 0 Å². The lowest BCUT2D eigenvalue weighted by molar-refractivity contribution is -0.183. The van der Waals surface area contributed by atoms with Crippen molar-refractivity contribution >= 4 is 23.3 Å². The Morgan fingerprint density at radius 3 is 2.13 bits per heavy atom. The molecule has 1 saturated carbocycles. The third kappa shape index (κ3) is 5.34. The Morgan fingerprint density at radius 2 is 1.56 bits per heavy atom. The monoisotopic (exact) mass is 655 g/mol. The summed E-state index contributed by atoms with van der Waals surface area (Å²) in [5, 5.41) is 17.5. The number of hydrogen-bond donors (Lipinski definition) is 1. The van der Waals surface area contributed by atoms with Crippen molar-refractivity contribution in [3.05, 3.63) is 82.4 Å². The molecule has 0 bridgehead atoms. The van der Waals surface area contributed by atoms with Gasteiger partial charge in [-0.15, -0.1) is 10.2 Å². The normalized spacial score (nSPS) is 17.0. The molecule has 3 heterocycles. The Kier molecular flexibility index (Phi) is 7.06. The molecule has 2 aliphatic rings. The molecule has 1 aliphatic heterocycles. The van der Waals surface area contributed by atoms with Gasteiger partial charge in [-0.05, 0) is 54.3 Å². The first kappa shape index (κ1) is 30.4. The second-order valence-corrected chi connectivity index (χ2v) is 11.4. The number of aromatic nitrogens is 3. The highest BCUT2D eigenvalue weighted by molar-refractivity contribution is 7.14. The Labute approximate surface area is 251 Å². The number of aromatic hydroxyl groups is 1. The second kappa shape index (κ2) is 10.5. The third-order valence-corrected chi connectivity index (χ3v) is 8.44. The van der Waals surface area contributed by atoms with E-state index in [1.165, 1.54) is 6.07 Å². The van der Waals surface area contributed by atoms with E-state index in [-0.39, 0.29) is 44.6 Å². The minimum atomic E-state index is -5.31. The molecule has 1 atom stereocenters. The number of carbonyl (C=O) groups is 2. The standard InChI is InChI=1S/C28H17F8N5O3S/c29-17-7-8-19(37-22(17)42)23-39-38-20(45-23)12-40-25(44)41(24(43)26(40)9-10-26)21(28(34,35)36)16-6-3-14(11-18(16)30)13-1-4-15(5-2-13)27(31,32)33/h1-8,11,21H,9-10,12H2,(H,37,42). The van der Waals surface area contributed by atoms with Crippen LogP contribution in [0.4, 0.5) is 39.9 Å². The molecule has 2 aromatic carbocycles. The predicted molar refractivity (Wildman–Crippen MR) is 140 cm³/mol. The van der Waals surface area contributed by atoms with Gasteiger partial charge >= 0.3 is 18.4 Å². The van der Waals surface area contributed by atoms with Crippen molar-refractivity contribution in [1.82, 2.24) is 25.0 Å². The molecular formula is C28H17F8N5O3S. The zero-order valence-electron chi connectivity index (χ0n) is 22.3.